The minimum Gasteiger partial charge on any atom is -0.304 e. The molecule has 0 fully saturated rings. The van der Waals surface area contributed by atoms with Gasteiger partial charge >= 0.3 is 0 Å². The molecule has 1 amide bonds. The molecule has 0 aliphatic carbocycles. The van der Waals surface area contributed by atoms with Gasteiger partial charge in [0.2, 0.25) is 0 Å². The molecule has 0 saturated heterocycles. The van der Waals surface area contributed by atoms with Crippen molar-refractivity contribution in [3.8, 4) is 0 Å². The molecular weight excluding hydrogens is 210 g/mol. The van der Waals surface area contributed by atoms with E-state index in [2.05, 4.69) is 16.9 Å². The van der Waals surface area contributed by atoms with E-state index >= 15 is 0 Å². The average molecular weight is 225 g/mol. The third-order valence-corrected chi connectivity index (χ3v) is 2.44. The highest BCUT2D eigenvalue weighted by molar-refractivity contribution is 7.13. The monoisotopic (exact) mass is 225 g/mol. The number of carbonyl (C=O) groups excluding carboxylic acids is 1. The quantitative estimate of drug-likeness (QED) is 0.794. The summed E-state index contributed by atoms with van der Waals surface area (Å²) in [7, 11) is 3.96. The van der Waals surface area contributed by atoms with Crippen LogP contribution in [0.5, 0.6) is 0 Å². The highest BCUT2D eigenvalue weighted by Gasteiger charge is 2.07. The molecule has 0 aliphatic heterocycles. The molecule has 1 rings (SSSR count). The molecule has 0 saturated carbocycles. The molecule has 0 aromatic carbocycles. The van der Waals surface area contributed by atoms with E-state index in [1.807, 2.05) is 24.4 Å². The number of anilines is 1. The molecule has 0 spiro atoms. The number of hydrogen-bond acceptors (Lipinski definition) is 4. The molecule has 15 heavy (non-hydrogen) atoms. The Morgan fingerprint density at radius 3 is 2.87 bits per heavy atom. The normalized spacial score (nSPS) is 10.4. The minimum atomic E-state index is -0.180. The summed E-state index contributed by atoms with van der Waals surface area (Å²) in [6, 6.07) is 0. The summed E-state index contributed by atoms with van der Waals surface area (Å²) < 4.78 is 0. The number of rotatable bonds is 4. The van der Waals surface area contributed by atoms with Crippen LogP contribution in [-0.4, -0.2) is 29.9 Å². The molecule has 0 unspecified atom stereocenters. The fourth-order valence-corrected chi connectivity index (χ4v) is 1.66. The lowest BCUT2D eigenvalue weighted by Gasteiger charge is -2.05. The maximum Gasteiger partial charge on any atom is 0.252 e. The van der Waals surface area contributed by atoms with Crippen molar-refractivity contribution in [1.29, 1.82) is 0 Å². The summed E-state index contributed by atoms with van der Waals surface area (Å²) in [4.78, 5) is 17.6. The standard InChI is InChI=1S/C10H15N3OS/c1-7(2)9(14)12-10-11-8(6-15-10)5-13(3)4/h6H,1,5H2,2-4H3,(H,11,12,14). The Labute approximate surface area is 93.6 Å². The molecule has 4 nitrogen and oxygen atoms in total. The van der Waals surface area contributed by atoms with Gasteiger partial charge in [-0.25, -0.2) is 4.98 Å². The third-order valence-electron chi connectivity index (χ3n) is 1.64. The van der Waals surface area contributed by atoms with Crippen LogP contribution in [0.4, 0.5) is 5.13 Å². The Bertz CT molecular complexity index is 370. The summed E-state index contributed by atoms with van der Waals surface area (Å²) in [5.74, 6) is -0.180. The zero-order valence-corrected chi connectivity index (χ0v) is 10.0. The van der Waals surface area contributed by atoms with E-state index in [0.717, 1.165) is 12.2 Å². The number of thiazole rings is 1. The van der Waals surface area contributed by atoms with Gasteiger partial charge in [-0.2, -0.15) is 0 Å². The van der Waals surface area contributed by atoms with Gasteiger partial charge in [-0.15, -0.1) is 11.3 Å². The van der Waals surface area contributed by atoms with E-state index in [-0.39, 0.29) is 5.91 Å². The first-order valence-electron chi connectivity index (χ1n) is 4.55. The van der Waals surface area contributed by atoms with Crippen molar-refractivity contribution >= 4 is 22.4 Å². The van der Waals surface area contributed by atoms with Crippen LogP contribution in [0, 0.1) is 0 Å². The largest absolute Gasteiger partial charge is 0.304 e. The molecule has 0 atom stereocenters. The molecule has 0 bridgehead atoms. The minimum absolute atomic E-state index is 0.180. The zero-order valence-electron chi connectivity index (χ0n) is 9.20. The number of aromatic nitrogens is 1. The molecular formula is C10H15N3OS. The predicted molar refractivity (Wildman–Crippen MR) is 62.9 cm³/mol. The lowest BCUT2D eigenvalue weighted by molar-refractivity contribution is -0.112. The first-order chi connectivity index (χ1) is 6.99. The fourth-order valence-electron chi connectivity index (χ4n) is 0.965. The molecule has 1 N–H and O–H groups in total. The number of hydrogen-bond donors (Lipinski definition) is 1. The first kappa shape index (κ1) is 11.9. The van der Waals surface area contributed by atoms with Gasteiger partial charge < -0.3 is 4.90 Å². The van der Waals surface area contributed by atoms with E-state index in [4.69, 9.17) is 0 Å². The summed E-state index contributed by atoms with van der Waals surface area (Å²) in [6.07, 6.45) is 0. The lowest BCUT2D eigenvalue weighted by Crippen LogP contribution is -2.13. The predicted octanol–water partition coefficient (Wildman–Crippen LogP) is 1.72. The van der Waals surface area contributed by atoms with Crippen molar-refractivity contribution in [3.63, 3.8) is 0 Å². The van der Waals surface area contributed by atoms with E-state index in [9.17, 15) is 4.79 Å². The van der Waals surface area contributed by atoms with Crippen LogP contribution in [0.3, 0.4) is 0 Å². The molecule has 0 radical (unpaired) electrons. The Balaban J connectivity index is 2.60. The Kier molecular flexibility index (Phi) is 3.99. The topological polar surface area (TPSA) is 45.2 Å². The highest BCUT2D eigenvalue weighted by atomic mass is 32.1. The van der Waals surface area contributed by atoms with Gasteiger partial charge in [-0.3, -0.25) is 10.1 Å². The summed E-state index contributed by atoms with van der Waals surface area (Å²) in [6.45, 7) is 6.01. The third kappa shape index (κ3) is 3.81. The second-order valence-electron chi connectivity index (χ2n) is 3.62. The van der Waals surface area contributed by atoms with Crippen LogP contribution in [0.15, 0.2) is 17.5 Å². The Hall–Kier alpha value is -1.20. The molecule has 1 heterocycles. The number of nitrogens with zero attached hydrogens (tertiary/aromatic N) is 2. The number of carbonyl (C=O) groups is 1. The smallest absolute Gasteiger partial charge is 0.252 e. The van der Waals surface area contributed by atoms with Crippen LogP contribution in [0.1, 0.15) is 12.6 Å². The maximum absolute atomic E-state index is 11.3. The van der Waals surface area contributed by atoms with Gasteiger partial charge in [-0.1, -0.05) is 6.58 Å². The van der Waals surface area contributed by atoms with Crippen molar-refractivity contribution in [2.45, 2.75) is 13.5 Å². The molecule has 1 aromatic rings. The van der Waals surface area contributed by atoms with Crippen molar-refractivity contribution < 1.29 is 4.79 Å². The van der Waals surface area contributed by atoms with E-state index < -0.39 is 0 Å². The van der Waals surface area contributed by atoms with Crippen molar-refractivity contribution in [3.05, 3.63) is 23.2 Å². The van der Waals surface area contributed by atoms with Gasteiger partial charge in [0.25, 0.3) is 5.91 Å². The van der Waals surface area contributed by atoms with Crippen molar-refractivity contribution in [2.75, 3.05) is 19.4 Å². The van der Waals surface area contributed by atoms with Crippen LogP contribution in [0.2, 0.25) is 0 Å². The molecule has 82 valence electrons. The zero-order chi connectivity index (χ0) is 11.4. The Morgan fingerprint density at radius 2 is 2.33 bits per heavy atom. The molecule has 1 aromatic heterocycles. The van der Waals surface area contributed by atoms with Gasteiger partial charge in [-0.05, 0) is 21.0 Å². The fraction of sp³-hybridized carbons (Fsp3) is 0.400. The van der Waals surface area contributed by atoms with E-state index in [1.165, 1.54) is 11.3 Å². The summed E-state index contributed by atoms with van der Waals surface area (Å²) in [5.41, 5.74) is 1.45. The maximum atomic E-state index is 11.3. The molecule has 5 heteroatoms. The van der Waals surface area contributed by atoms with Gasteiger partial charge in [0.05, 0.1) is 5.69 Å². The lowest BCUT2D eigenvalue weighted by atomic mass is 10.3. The van der Waals surface area contributed by atoms with Crippen molar-refractivity contribution in [2.24, 2.45) is 0 Å². The second kappa shape index (κ2) is 5.04. The van der Waals surface area contributed by atoms with Crippen molar-refractivity contribution in [1.82, 2.24) is 9.88 Å². The van der Waals surface area contributed by atoms with Crippen LogP contribution < -0.4 is 5.32 Å². The van der Waals surface area contributed by atoms with Crippen LogP contribution >= 0.6 is 11.3 Å². The highest BCUT2D eigenvalue weighted by Crippen LogP contribution is 2.16. The number of amides is 1. The Morgan fingerprint density at radius 1 is 1.67 bits per heavy atom. The van der Waals surface area contributed by atoms with Crippen LogP contribution in [0.25, 0.3) is 0 Å². The average Bonchev–Trinajstić information content (AvgIpc) is 2.51. The summed E-state index contributed by atoms with van der Waals surface area (Å²) >= 11 is 1.43. The first-order valence-corrected chi connectivity index (χ1v) is 5.43. The molecule has 0 aliphatic rings. The van der Waals surface area contributed by atoms with Crippen LogP contribution in [-0.2, 0) is 11.3 Å². The second-order valence-corrected chi connectivity index (χ2v) is 4.47. The number of nitrogens with one attached hydrogen (secondary N) is 1. The SMILES string of the molecule is C=C(C)C(=O)Nc1nc(CN(C)C)cs1. The summed E-state index contributed by atoms with van der Waals surface area (Å²) in [5, 5.41) is 5.25. The van der Waals surface area contributed by atoms with E-state index in [0.29, 0.717) is 10.7 Å². The van der Waals surface area contributed by atoms with E-state index in [1.54, 1.807) is 6.92 Å². The van der Waals surface area contributed by atoms with Gasteiger partial charge in [0.15, 0.2) is 5.13 Å². The van der Waals surface area contributed by atoms with Gasteiger partial charge in [0.1, 0.15) is 0 Å². The van der Waals surface area contributed by atoms with Gasteiger partial charge in [0, 0.05) is 17.5 Å².